The fourth-order valence-corrected chi connectivity index (χ4v) is 3.71. The van der Waals surface area contributed by atoms with Crippen LogP contribution < -0.4 is 5.32 Å². The Balaban J connectivity index is 1.53. The van der Waals surface area contributed by atoms with E-state index in [1.807, 2.05) is 43.0 Å². The number of nitriles is 1. The van der Waals surface area contributed by atoms with E-state index in [4.69, 9.17) is 0 Å². The average Bonchev–Trinajstić information content (AvgIpc) is 3.49. The van der Waals surface area contributed by atoms with E-state index in [1.165, 1.54) is 0 Å². The molecular formula is C21H28N4O2. The summed E-state index contributed by atoms with van der Waals surface area (Å²) in [5.41, 5.74) is 1.04. The minimum atomic E-state index is -0.754. The molecule has 2 fully saturated rings. The lowest BCUT2D eigenvalue weighted by Crippen LogP contribution is -2.50. The van der Waals surface area contributed by atoms with Crippen molar-refractivity contribution in [3.63, 3.8) is 0 Å². The second-order valence-corrected chi connectivity index (χ2v) is 7.93. The molecule has 1 saturated carbocycles. The number of benzene rings is 1. The van der Waals surface area contributed by atoms with Gasteiger partial charge in [0.1, 0.15) is 5.54 Å². The number of carbonyl (C=O) groups excluding carboxylic acids is 2. The average molecular weight is 368 g/mol. The van der Waals surface area contributed by atoms with Crippen LogP contribution in [0.2, 0.25) is 0 Å². The summed E-state index contributed by atoms with van der Waals surface area (Å²) in [5.74, 6) is 0.221. The van der Waals surface area contributed by atoms with Crippen molar-refractivity contribution < 1.29 is 9.59 Å². The fraction of sp³-hybridized carbons (Fsp3) is 0.571. The highest BCUT2D eigenvalue weighted by Crippen LogP contribution is 2.39. The van der Waals surface area contributed by atoms with Gasteiger partial charge in [-0.1, -0.05) is 17.7 Å². The van der Waals surface area contributed by atoms with Crippen LogP contribution in [-0.2, 0) is 4.79 Å². The number of amides is 2. The van der Waals surface area contributed by atoms with E-state index in [1.54, 1.807) is 0 Å². The Hall–Kier alpha value is -2.39. The van der Waals surface area contributed by atoms with Crippen molar-refractivity contribution in [1.82, 2.24) is 15.1 Å². The minimum Gasteiger partial charge on any atom is -0.337 e. The zero-order valence-corrected chi connectivity index (χ0v) is 16.2. The summed E-state index contributed by atoms with van der Waals surface area (Å²) < 4.78 is 0. The highest BCUT2D eigenvalue weighted by Gasteiger charge is 2.43. The quantitative estimate of drug-likeness (QED) is 0.862. The predicted octanol–water partition coefficient (Wildman–Crippen LogP) is 1.95. The van der Waals surface area contributed by atoms with E-state index < -0.39 is 5.54 Å². The van der Waals surface area contributed by atoms with Gasteiger partial charge in [-0.2, -0.15) is 5.26 Å². The number of rotatable bonds is 5. The van der Waals surface area contributed by atoms with Crippen molar-refractivity contribution in [2.24, 2.45) is 5.92 Å². The molecule has 1 aliphatic heterocycles. The molecule has 1 N–H and O–H groups in total. The third-order valence-corrected chi connectivity index (χ3v) is 5.53. The maximum Gasteiger partial charge on any atom is 0.253 e. The first-order chi connectivity index (χ1) is 12.9. The molecule has 0 spiro atoms. The summed E-state index contributed by atoms with van der Waals surface area (Å²) in [6.45, 7) is 6.82. The van der Waals surface area contributed by atoms with E-state index in [0.717, 1.165) is 36.9 Å². The second kappa shape index (κ2) is 8.10. The van der Waals surface area contributed by atoms with E-state index in [0.29, 0.717) is 19.6 Å². The van der Waals surface area contributed by atoms with Gasteiger partial charge in [-0.3, -0.25) is 14.5 Å². The largest absolute Gasteiger partial charge is 0.337 e. The molecular weight excluding hydrogens is 340 g/mol. The smallest absolute Gasteiger partial charge is 0.253 e. The molecule has 1 heterocycles. The summed E-state index contributed by atoms with van der Waals surface area (Å²) in [7, 11) is 0. The molecule has 6 nitrogen and oxygen atoms in total. The minimum absolute atomic E-state index is 0.0517. The zero-order chi connectivity index (χ0) is 19.4. The number of hydrogen-bond donors (Lipinski definition) is 1. The maximum absolute atomic E-state index is 12.7. The molecule has 27 heavy (non-hydrogen) atoms. The molecule has 144 valence electrons. The van der Waals surface area contributed by atoms with Crippen LogP contribution in [0.3, 0.4) is 0 Å². The third kappa shape index (κ3) is 4.86. The van der Waals surface area contributed by atoms with Crippen LogP contribution in [0.5, 0.6) is 0 Å². The van der Waals surface area contributed by atoms with Gasteiger partial charge in [0.2, 0.25) is 5.91 Å². The van der Waals surface area contributed by atoms with E-state index in [2.05, 4.69) is 16.3 Å². The molecule has 1 aromatic carbocycles. The molecule has 1 aromatic rings. The standard InChI is InChI=1S/C21H28N4O2/c1-16-5-3-6-17(13-16)20(27)25-10-4-9-24(11-12-25)14-19(26)23-21(2,15-22)18-7-8-18/h3,5-6,13,18H,4,7-12,14H2,1-2H3,(H,23,26). The molecule has 1 saturated heterocycles. The molecule has 0 bridgehead atoms. The molecule has 1 atom stereocenters. The number of aryl methyl sites for hydroxylation is 1. The Morgan fingerprint density at radius 3 is 2.70 bits per heavy atom. The van der Waals surface area contributed by atoms with Crippen LogP contribution in [0.4, 0.5) is 0 Å². The SMILES string of the molecule is Cc1cccc(C(=O)N2CCCN(CC(=O)NC(C)(C#N)C3CC3)CC2)c1. The number of hydrogen-bond acceptors (Lipinski definition) is 4. The molecule has 3 rings (SSSR count). The zero-order valence-electron chi connectivity index (χ0n) is 16.2. The van der Waals surface area contributed by atoms with Crippen LogP contribution in [0.1, 0.15) is 42.1 Å². The number of carbonyl (C=O) groups is 2. The predicted molar refractivity (Wildman–Crippen MR) is 103 cm³/mol. The Bertz CT molecular complexity index is 753. The van der Waals surface area contributed by atoms with E-state index >= 15 is 0 Å². The van der Waals surface area contributed by atoms with Crippen molar-refractivity contribution in [2.75, 3.05) is 32.7 Å². The van der Waals surface area contributed by atoms with Crippen LogP contribution in [0.25, 0.3) is 0 Å². The van der Waals surface area contributed by atoms with Gasteiger partial charge in [0.05, 0.1) is 12.6 Å². The maximum atomic E-state index is 12.7. The Morgan fingerprint density at radius 2 is 2.04 bits per heavy atom. The van der Waals surface area contributed by atoms with Gasteiger partial charge >= 0.3 is 0 Å². The van der Waals surface area contributed by atoms with Crippen molar-refractivity contribution in [2.45, 2.75) is 38.6 Å². The molecule has 0 aromatic heterocycles. The lowest BCUT2D eigenvalue weighted by atomic mass is 9.98. The van der Waals surface area contributed by atoms with E-state index in [-0.39, 0.29) is 24.3 Å². The van der Waals surface area contributed by atoms with Gasteiger partial charge in [-0.25, -0.2) is 0 Å². The van der Waals surface area contributed by atoms with Crippen molar-refractivity contribution >= 4 is 11.8 Å². The van der Waals surface area contributed by atoms with Crippen molar-refractivity contribution in [3.8, 4) is 6.07 Å². The van der Waals surface area contributed by atoms with E-state index in [9.17, 15) is 14.9 Å². The number of nitrogens with one attached hydrogen (secondary N) is 1. The topological polar surface area (TPSA) is 76.4 Å². The van der Waals surface area contributed by atoms with Gasteiger partial charge in [0.25, 0.3) is 5.91 Å². The van der Waals surface area contributed by atoms with Gasteiger partial charge in [-0.15, -0.1) is 0 Å². The Morgan fingerprint density at radius 1 is 1.26 bits per heavy atom. The summed E-state index contributed by atoms with van der Waals surface area (Å²) in [4.78, 5) is 29.1. The Labute approximate surface area is 161 Å². The van der Waals surface area contributed by atoms with Crippen LogP contribution >= 0.6 is 0 Å². The van der Waals surface area contributed by atoms with Crippen LogP contribution in [0, 0.1) is 24.2 Å². The summed E-state index contributed by atoms with van der Waals surface area (Å²) in [6.07, 6.45) is 2.84. The molecule has 1 unspecified atom stereocenters. The highest BCUT2D eigenvalue weighted by atomic mass is 16.2. The van der Waals surface area contributed by atoms with Crippen molar-refractivity contribution in [3.05, 3.63) is 35.4 Å². The third-order valence-electron chi connectivity index (χ3n) is 5.53. The lowest BCUT2D eigenvalue weighted by Gasteiger charge is -2.26. The van der Waals surface area contributed by atoms with Gasteiger partial charge in [-0.05, 0) is 51.2 Å². The monoisotopic (exact) mass is 368 g/mol. The van der Waals surface area contributed by atoms with Crippen LogP contribution in [0.15, 0.2) is 24.3 Å². The summed E-state index contributed by atoms with van der Waals surface area (Å²) in [5, 5.41) is 12.3. The van der Waals surface area contributed by atoms with Crippen molar-refractivity contribution in [1.29, 1.82) is 5.26 Å². The molecule has 6 heteroatoms. The molecule has 1 aliphatic carbocycles. The first-order valence-electron chi connectivity index (χ1n) is 9.72. The molecule has 2 amide bonds. The van der Waals surface area contributed by atoms with Gasteiger partial charge < -0.3 is 10.2 Å². The first kappa shape index (κ1) is 19.4. The van der Waals surface area contributed by atoms with Gasteiger partial charge in [0.15, 0.2) is 0 Å². The molecule has 2 aliphatic rings. The summed E-state index contributed by atoms with van der Waals surface area (Å²) >= 11 is 0. The molecule has 0 radical (unpaired) electrons. The number of nitrogens with zero attached hydrogens (tertiary/aromatic N) is 3. The van der Waals surface area contributed by atoms with Gasteiger partial charge in [0, 0.05) is 31.7 Å². The lowest BCUT2D eigenvalue weighted by molar-refractivity contribution is -0.123. The first-order valence-corrected chi connectivity index (χ1v) is 9.72. The fourth-order valence-electron chi connectivity index (χ4n) is 3.71. The Kier molecular flexibility index (Phi) is 5.81. The normalized spacial score (nSPS) is 20.3. The highest BCUT2D eigenvalue weighted by molar-refractivity contribution is 5.94. The van der Waals surface area contributed by atoms with Crippen LogP contribution in [-0.4, -0.2) is 59.9 Å². The second-order valence-electron chi connectivity index (χ2n) is 7.93. The summed E-state index contributed by atoms with van der Waals surface area (Å²) in [6, 6.07) is 9.92.